The van der Waals surface area contributed by atoms with Crippen molar-refractivity contribution in [3.05, 3.63) is 83.2 Å². The maximum absolute atomic E-state index is 13.3. The number of hydrogen-bond acceptors (Lipinski definition) is 5. The Labute approximate surface area is 203 Å². The van der Waals surface area contributed by atoms with Crippen molar-refractivity contribution >= 4 is 48.7 Å². The van der Waals surface area contributed by atoms with Gasteiger partial charge in [-0.05, 0) is 85.0 Å². The van der Waals surface area contributed by atoms with E-state index in [1.165, 1.54) is 40.4 Å². The molecule has 0 fully saturated rings. The van der Waals surface area contributed by atoms with E-state index in [-0.39, 0.29) is 17.3 Å². The van der Waals surface area contributed by atoms with Crippen LogP contribution < -0.4 is 14.4 Å². The zero-order valence-electron chi connectivity index (χ0n) is 19.2. The molecule has 4 rings (SSSR count). The number of carbonyl (C=O) groups is 1. The third-order valence-corrected chi connectivity index (χ3v) is 8.60. The van der Waals surface area contributed by atoms with Gasteiger partial charge in [-0.15, -0.1) is 11.3 Å². The van der Waals surface area contributed by atoms with Crippen molar-refractivity contribution < 1.29 is 17.9 Å². The zero-order valence-corrected chi connectivity index (χ0v) is 20.9. The van der Waals surface area contributed by atoms with Crippen LogP contribution in [0, 0.1) is 0 Å². The summed E-state index contributed by atoms with van der Waals surface area (Å²) >= 11 is 1.37. The van der Waals surface area contributed by atoms with Gasteiger partial charge in [-0.2, -0.15) is 0 Å². The third kappa shape index (κ3) is 4.78. The molecule has 0 atom stereocenters. The Balaban J connectivity index is 1.60. The van der Waals surface area contributed by atoms with Crippen LogP contribution in [0.1, 0.15) is 29.1 Å². The Morgan fingerprint density at radius 1 is 0.971 bits per heavy atom. The van der Waals surface area contributed by atoms with Gasteiger partial charge in [0.2, 0.25) is 0 Å². The number of nitrogens with one attached hydrogen (secondary N) is 1. The fourth-order valence-corrected chi connectivity index (χ4v) is 6.08. The number of benzene rings is 3. The number of thiophene rings is 1. The average Bonchev–Trinajstić information content (AvgIpc) is 3.29. The summed E-state index contributed by atoms with van der Waals surface area (Å²) in [6.45, 7) is 4.15. The largest absolute Gasteiger partial charge is 0.497 e. The fourth-order valence-electron chi connectivity index (χ4n) is 3.68. The van der Waals surface area contributed by atoms with E-state index in [0.717, 1.165) is 22.2 Å². The van der Waals surface area contributed by atoms with Crippen molar-refractivity contribution in [1.29, 1.82) is 0 Å². The van der Waals surface area contributed by atoms with Gasteiger partial charge in [-0.25, -0.2) is 8.42 Å². The van der Waals surface area contributed by atoms with E-state index in [1.807, 2.05) is 36.4 Å². The summed E-state index contributed by atoms with van der Waals surface area (Å²) in [4.78, 5) is 13.5. The molecule has 3 aromatic carbocycles. The van der Waals surface area contributed by atoms with Crippen molar-refractivity contribution in [3.8, 4) is 5.75 Å². The number of sulfonamides is 1. The molecule has 34 heavy (non-hydrogen) atoms. The van der Waals surface area contributed by atoms with Crippen molar-refractivity contribution in [2.24, 2.45) is 0 Å². The van der Waals surface area contributed by atoms with Gasteiger partial charge >= 0.3 is 0 Å². The first-order chi connectivity index (χ1) is 16.3. The number of rotatable bonds is 8. The molecule has 0 aliphatic rings. The molecule has 0 aliphatic heterocycles. The lowest BCUT2D eigenvalue weighted by Gasteiger charge is -2.23. The van der Waals surface area contributed by atoms with Gasteiger partial charge in [0.1, 0.15) is 5.75 Å². The lowest BCUT2D eigenvalue weighted by atomic mass is 10.1. The summed E-state index contributed by atoms with van der Waals surface area (Å²) < 4.78 is 34.0. The fraction of sp³-hybridized carbons (Fsp3) is 0.192. The minimum Gasteiger partial charge on any atom is -0.497 e. The minimum absolute atomic E-state index is 0.190. The van der Waals surface area contributed by atoms with E-state index in [1.54, 1.807) is 31.2 Å². The average molecular weight is 495 g/mol. The van der Waals surface area contributed by atoms with Crippen LogP contribution in [0.5, 0.6) is 5.75 Å². The predicted octanol–water partition coefficient (Wildman–Crippen LogP) is 5.94. The second-order valence-corrected chi connectivity index (χ2v) is 10.6. The second kappa shape index (κ2) is 9.87. The number of methoxy groups -OCH3 is 1. The second-order valence-electron chi connectivity index (χ2n) is 7.68. The molecule has 0 bridgehead atoms. The van der Waals surface area contributed by atoms with Crippen molar-refractivity contribution in [3.63, 3.8) is 0 Å². The zero-order chi connectivity index (χ0) is 24.3. The smallest absolute Gasteiger partial charge is 0.265 e. The SMILES string of the molecule is CCc1ccc(NC(=O)c2cc3cc(N(CC)S(=O)(=O)c4ccc(OC)cc4)ccc3s2)cc1. The molecule has 0 saturated heterocycles. The first-order valence-electron chi connectivity index (χ1n) is 11.0. The normalized spacial score (nSPS) is 11.4. The molecule has 0 radical (unpaired) electrons. The summed E-state index contributed by atoms with van der Waals surface area (Å²) in [6, 6.07) is 21.3. The number of aryl methyl sites for hydroxylation is 1. The number of carbonyl (C=O) groups excluding carboxylic acids is 1. The van der Waals surface area contributed by atoms with Crippen LogP contribution in [-0.2, 0) is 16.4 Å². The molecule has 0 unspecified atom stereocenters. The first kappa shape index (κ1) is 23.8. The topological polar surface area (TPSA) is 75.7 Å². The van der Waals surface area contributed by atoms with E-state index in [4.69, 9.17) is 4.74 Å². The minimum atomic E-state index is -3.75. The summed E-state index contributed by atoms with van der Waals surface area (Å²) in [7, 11) is -2.22. The van der Waals surface area contributed by atoms with Gasteiger partial charge in [-0.3, -0.25) is 9.10 Å². The van der Waals surface area contributed by atoms with Gasteiger partial charge in [0.15, 0.2) is 0 Å². The molecular formula is C26H26N2O4S2. The van der Waals surface area contributed by atoms with Crippen LogP contribution in [0.3, 0.4) is 0 Å². The highest BCUT2D eigenvalue weighted by atomic mass is 32.2. The molecule has 176 valence electrons. The maximum atomic E-state index is 13.3. The quantitative estimate of drug-likeness (QED) is 0.329. The Kier molecular flexibility index (Phi) is 6.90. The van der Waals surface area contributed by atoms with Crippen LogP contribution in [-0.4, -0.2) is 28.0 Å². The van der Waals surface area contributed by atoms with Crippen LogP contribution >= 0.6 is 11.3 Å². The van der Waals surface area contributed by atoms with Crippen LogP contribution in [0.15, 0.2) is 77.7 Å². The van der Waals surface area contributed by atoms with E-state index in [2.05, 4.69) is 12.2 Å². The lowest BCUT2D eigenvalue weighted by molar-refractivity contribution is 0.103. The Bertz CT molecular complexity index is 1410. The number of anilines is 2. The van der Waals surface area contributed by atoms with Crippen molar-refractivity contribution in [2.75, 3.05) is 23.3 Å². The standard InChI is InChI=1S/C26H26N2O4S2/c1-4-18-6-8-20(9-7-18)27-26(29)25-17-19-16-21(10-15-24(19)33-25)28(5-2)34(30,31)23-13-11-22(32-3)12-14-23/h6-17H,4-5H2,1-3H3,(H,27,29). The third-order valence-electron chi connectivity index (χ3n) is 5.57. The van der Waals surface area contributed by atoms with Crippen molar-refractivity contribution in [1.82, 2.24) is 0 Å². The maximum Gasteiger partial charge on any atom is 0.265 e. The molecule has 1 amide bonds. The highest BCUT2D eigenvalue weighted by molar-refractivity contribution is 7.92. The van der Waals surface area contributed by atoms with Gasteiger partial charge < -0.3 is 10.1 Å². The summed E-state index contributed by atoms with van der Waals surface area (Å²) in [6.07, 6.45) is 0.940. The Morgan fingerprint density at radius 3 is 2.29 bits per heavy atom. The Morgan fingerprint density at radius 2 is 1.68 bits per heavy atom. The Hall–Kier alpha value is -3.36. The molecular weight excluding hydrogens is 468 g/mol. The van der Waals surface area contributed by atoms with E-state index in [9.17, 15) is 13.2 Å². The summed E-state index contributed by atoms with van der Waals surface area (Å²) in [5, 5.41) is 3.75. The molecule has 4 aromatic rings. The van der Waals surface area contributed by atoms with Gasteiger partial charge in [0.05, 0.1) is 22.6 Å². The van der Waals surface area contributed by atoms with E-state index >= 15 is 0 Å². The number of amides is 1. The number of nitrogens with zero attached hydrogens (tertiary/aromatic N) is 1. The predicted molar refractivity (Wildman–Crippen MR) is 139 cm³/mol. The molecule has 0 aliphatic carbocycles. The van der Waals surface area contributed by atoms with Gasteiger partial charge in [0, 0.05) is 16.9 Å². The number of fused-ring (bicyclic) bond motifs is 1. The first-order valence-corrected chi connectivity index (χ1v) is 13.2. The molecule has 6 nitrogen and oxygen atoms in total. The molecule has 1 heterocycles. The van der Waals surface area contributed by atoms with Gasteiger partial charge in [-0.1, -0.05) is 19.1 Å². The molecule has 1 aromatic heterocycles. The van der Waals surface area contributed by atoms with E-state index < -0.39 is 10.0 Å². The highest BCUT2D eigenvalue weighted by Crippen LogP contribution is 2.32. The highest BCUT2D eigenvalue weighted by Gasteiger charge is 2.24. The number of hydrogen-bond donors (Lipinski definition) is 1. The monoisotopic (exact) mass is 494 g/mol. The van der Waals surface area contributed by atoms with Crippen LogP contribution in [0.2, 0.25) is 0 Å². The summed E-state index contributed by atoms with van der Waals surface area (Å²) in [5.74, 6) is 0.402. The van der Waals surface area contributed by atoms with Crippen LogP contribution in [0.4, 0.5) is 11.4 Å². The molecule has 1 N–H and O–H groups in total. The van der Waals surface area contributed by atoms with Crippen LogP contribution in [0.25, 0.3) is 10.1 Å². The molecule has 0 spiro atoms. The molecule has 8 heteroatoms. The van der Waals surface area contributed by atoms with Gasteiger partial charge in [0.25, 0.3) is 15.9 Å². The molecule has 0 saturated carbocycles. The summed E-state index contributed by atoms with van der Waals surface area (Å²) in [5.41, 5.74) is 2.49. The van der Waals surface area contributed by atoms with Crippen molar-refractivity contribution in [2.45, 2.75) is 25.2 Å². The lowest BCUT2D eigenvalue weighted by Crippen LogP contribution is -2.30. The number of ether oxygens (including phenoxy) is 1. The van der Waals surface area contributed by atoms with E-state index in [0.29, 0.717) is 16.3 Å².